The van der Waals surface area contributed by atoms with Gasteiger partial charge in [0, 0.05) is 6.54 Å². The van der Waals surface area contributed by atoms with Crippen molar-refractivity contribution in [2.75, 3.05) is 6.54 Å². The topological polar surface area (TPSA) is 75.4 Å². The first-order valence-corrected chi connectivity index (χ1v) is 5.44. The van der Waals surface area contributed by atoms with Crippen LogP contribution >= 0.6 is 0 Å². The molecule has 4 N–H and O–H groups in total. The van der Waals surface area contributed by atoms with Crippen molar-refractivity contribution in [2.24, 2.45) is 5.73 Å². The molecular weight excluding hydrogens is 204 g/mol. The number of carboxylic acid groups (broad SMARTS) is 1. The molecule has 16 heavy (non-hydrogen) atoms. The first kappa shape index (κ1) is 12.7. The van der Waals surface area contributed by atoms with Gasteiger partial charge in [0.2, 0.25) is 0 Å². The van der Waals surface area contributed by atoms with Gasteiger partial charge in [-0.2, -0.15) is 0 Å². The van der Waals surface area contributed by atoms with Crippen LogP contribution in [0.15, 0.2) is 30.3 Å². The van der Waals surface area contributed by atoms with Gasteiger partial charge in [-0.25, -0.2) is 0 Å². The molecule has 88 valence electrons. The van der Waals surface area contributed by atoms with Crippen LogP contribution in [0.5, 0.6) is 0 Å². The van der Waals surface area contributed by atoms with Gasteiger partial charge in [0.1, 0.15) is 6.04 Å². The molecule has 0 aromatic heterocycles. The lowest BCUT2D eigenvalue weighted by molar-refractivity contribution is -0.139. The molecule has 0 unspecified atom stereocenters. The maximum absolute atomic E-state index is 10.1. The Balaban J connectivity index is 0.000000160. The summed E-state index contributed by atoms with van der Waals surface area (Å²) in [5, 5.41) is 11.2. The van der Waals surface area contributed by atoms with E-state index in [0.717, 1.165) is 19.4 Å². The van der Waals surface area contributed by atoms with Crippen molar-refractivity contribution in [3.63, 3.8) is 0 Å². The predicted octanol–water partition coefficient (Wildman–Crippen LogP) is 0.968. The second-order valence-corrected chi connectivity index (χ2v) is 3.68. The summed E-state index contributed by atoms with van der Waals surface area (Å²) in [6.45, 7) is 1.50. The van der Waals surface area contributed by atoms with Gasteiger partial charge in [0.25, 0.3) is 0 Å². The summed E-state index contributed by atoms with van der Waals surface area (Å²) in [6, 6.07) is 9.72. The van der Waals surface area contributed by atoms with E-state index in [1.807, 2.05) is 30.3 Å². The van der Waals surface area contributed by atoms with E-state index >= 15 is 0 Å². The van der Waals surface area contributed by atoms with Crippen molar-refractivity contribution >= 4 is 5.97 Å². The zero-order valence-electron chi connectivity index (χ0n) is 9.23. The van der Waals surface area contributed by atoms with E-state index in [1.165, 1.54) is 5.56 Å². The van der Waals surface area contributed by atoms with Crippen LogP contribution in [0.1, 0.15) is 18.4 Å². The van der Waals surface area contributed by atoms with Gasteiger partial charge in [-0.3, -0.25) is 4.79 Å². The van der Waals surface area contributed by atoms with E-state index in [2.05, 4.69) is 5.32 Å². The largest absolute Gasteiger partial charge is 0.480 e. The Morgan fingerprint density at radius 2 is 2.12 bits per heavy atom. The van der Waals surface area contributed by atoms with Crippen molar-refractivity contribution in [3.8, 4) is 0 Å². The van der Waals surface area contributed by atoms with Gasteiger partial charge in [-0.05, 0) is 24.9 Å². The highest BCUT2D eigenvalue weighted by atomic mass is 16.4. The van der Waals surface area contributed by atoms with E-state index in [1.54, 1.807) is 0 Å². The second kappa shape index (κ2) is 6.98. The summed E-state index contributed by atoms with van der Waals surface area (Å²) < 4.78 is 0. The van der Waals surface area contributed by atoms with Gasteiger partial charge >= 0.3 is 5.97 Å². The van der Waals surface area contributed by atoms with E-state index in [9.17, 15) is 4.79 Å². The Morgan fingerprint density at radius 3 is 2.44 bits per heavy atom. The van der Waals surface area contributed by atoms with E-state index in [-0.39, 0.29) is 6.04 Å². The number of nitrogens with two attached hydrogens (primary N) is 1. The lowest BCUT2D eigenvalue weighted by Crippen LogP contribution is -2.29. The van der Waals surface area contributed by atoms with Crippen molar-refractivity contribution in [1.29, 1.82) is 0 Å². The second-order valence-electron chi connectivity index (χ2n) is 3.68. The molecule has 1 aromatic rings. The molecule has 1 fully saturated rings. The fourth-order valence-electron chi connectivity index (χ4n) is 1.51. The Labute approximate surface area is 95.5 Å². The molecule has 1 heterocycles. The minimum absolute atomic E-state index is 0.269. The van der Waals surface area contributed by atoms with E-state index in [0.29, 0.717) is 6.54 Å². The number of hydrogen-bond donors (Lipinski definition) is 3. The van der Waals surface area contributed by atoms with Crippen LogP contribution in [0.2, 0.25) is 0 Å². The molecule has 0 aliphatic carbocycles. The number of carboxylic acids is 1. The smallest absolute Gasteiger partial charge is 0.320 e. The van der Waals surface area contributed by atoms with Crippen LogP contribution < -0.4 is 11.1 Å². The number of aliphatic carboxylic acids is 1. The normalized spacial score (nSPS) is 18.7. The van der Waals surface area contributed by atoms with E-state index in [4.69, 9.17) is 10.8 Å². The molecule has 1 saturated heterocycles. The molecular formula is C12H18N2O2. The van der Waals surface area contributed by atoms with Crippen LogP contribution in [-0.2, 0) is 11.3 Å². The van der Waals surface area contributed by atoms with Gasteiger partial charge in [-0.1, -0.05) is 30.3 Å². The lowest BCUT2D eigenvalue weighted by Gasteiger charge is -1.99. The summed E-state index contributed by atoms with van der Waals surface area (Å²) in [5.41, 5.74) is 6.54. The van der Waals surface area contributed by atoms with Crippen LogP contribution in [-0.4, -0.2) is 23.7 Å². The van der Waals surface area contributed by atoms with Gasteiger partial charge < -0.3 is 16.2 Å². The van der Waals surface area contributed by atoms with Crippen LogP contribution in [0.4, 0.5) is 0 Å². The molecule has 1 aliphatic heterocycles. The number of carbonyl (C=O) groups is 1. The van der Waals surface area contributed by atoms with E-state index < -0.39 is 5.97 Å². The lowest BCUT2D eigenvalue weighted by atomic mass is 10.2. The third kappa shape index (κ3) is 4.42. The third-order valence-electron chi connectivity index (χ3n) is 2.44. The number of nitrogens with one attached hydrogen (secondary N) is 1. The highest BCUT2D eigenvalue weighted by Crippen LogP contribution is 2.03. The van der Waals surface area contributed by atoms with Crippen molar-refractivity contribution in [2.45, 2.75) is 25.4 Å². The highest BCUT2D eigenvalue weighted by molar-refractivity contribution is 5.73. The Kier molecular flexibility index (Phi) is 5.53. The minimum Gasteiger partial charge on any atom is -0.480 e. The summed E-state index contributed by atoms with van der Waals surface area (Å²) in [6.07, 6.45) is 1.78. The molecule has 4 nitrogen and oxygen atoms in total. The summed E-state index contributed by atoms with van der Waals surface area (Å²) >= 11 is 0. The van der Waals surface area contributed by atoms with Crippen LogP contribution in [0.25, 0.3) is 0 Å². The SMILES string of the molecule is NCc1ccccc1.O=C(O)[C@@H]1CCCN1. The fraction of sp³-hybridized carbons (Fsp3) is 0.417. The summed E-state index contributed by atoms with van der Waals surface area (Å²) in [5.74, 6) is -0.720. The molecule has 0 bridgehead atoms. The average molecular weight is 222 g/mol. The number of benzene rings is 1. The molecule has 0 saturated carbocycles. The van der Waals surface area contributed by atoms with Gasteiger partial charge in [0.15, 0.2) is 0 Å². The molecule has 1 aliphatic rings. The Hall–Kier alpha value is -1.39. The maximum Gasteiger partial charge on any atom is 0.320 e. The zero-order valence-corrected chi connectivity index (χ0v) is 9.23. The molecule has 0 amide bonds. The fourth-order valence-corrected chi connectivity index (χ4v) is 1.51. The predicted molar refractivity (Wildman–Crippen MR) is 63.0 cm³/mol. The highest BCUT2D eigenvalue weighted by Gasteiger charge is 2.20. The first-order chi connectivity index (χ1) is 7.74. The van der Waals surface area contributed by atoms with Gasteiger partial charge in [-0.15, -0.1) is 0 Å². The van der Waals surface area contributed by atoms with Crippen molar-refractivity contribution in [1.82, 2.24) is 5.32 Å². The third-order valence-corrected chi connectivity index (χ3v) is 2.44. The molecule has 2 rings (SSSR count). The number of rotatable bonds is 2. The standard InChI is InChI=1S/C7H9N.C5H9NO2/c8-6-7-4-2-1-3-5-7;7-5(8)4-2-1-3-6-4/h1-5H,6,8H2;4,6H,1-3H2,(H,7,8)/t;4-/m.0/s1. The molecule has 4 heteroatoms. The monoisotopic (exact) mass is 222 g/mol. The molecule has 1 atom stereocenters. The number of hydrogen-bond acceptors (Lipinski definition) is 3. The average Bonchev–Trinajstić information content (AvgIpc) is 2.85. The molecule has 1 aromatic carbocycles. The summed E-state index contributed by atoms with van der Waals surface area (Å²) in [4.78, 5) is 10.1. The quantitative estimate of drug-likeness (QED) is 0.697. The maximum atomic E-state index is 10.1. The van der Waals surface area contributed by atoms with Crippen molar-refractivity contribution < 1.29 is 9.90 Å². The first-order valence-electron chi connectivity index (χ1n) is 5.44. The van der Waals surface area contributed by atoms with Crippen LogP contribution in [0.3, 0.4) is 0 Å². The molecule has 0 spiro atoms. The zero-order chi connectivity index (χ0) is 11.8. The van der Waals surface area contributed by atoms with Gasteiger partial charge in [0.05, 0.1) is 0 Å². The Morgan fingerprint density at radius 1 is 1.44 bits per heavy atom. The minimum atomic E-state index is -0.720. The Bertz CT molecular complexity index is 308. The van der Waals surface area contributed by atoms with Crippen LogP contribution in [0, 0.1) is 0 Å². The van der Waals surface area contributed by atoms with Crippen molar-refractivity contribution in [3.05, 3.63) is 35.9 Å². The summed E-state index contributed by atoms with van der Waals surface area (Å²) in [7, 11) is 0. The molecule has 0 radical (unpaired) electrons.